The summed E-state index contributed by atoms with van der Waals surface area (Å²) in [5.41, 5.74) is 0.981. The fourth-order valence-electron chi connectivity index (χ4n) is 3.46. The van der Waals surface area contributed by atoms with Crippen molar-refractivity contribution in [1.29, 1.82) is 0 Å². The molecule has 8 nitrogen and oxygen atoms in total. The number of aliphatic imine (C=N–C) groups is 1. The highest BCUT2D eigenvalue weighted by molar-refractivity contribution is 7.90. The molecule has 0 radical (unpaired) electrons. The van der Waals surface area contributed by atoms with Gasteiger partial charge in [-0.15, -0.1) is 0 Å². The molecule has 1 aromatic carbocycles. The minimum absolute atomic E-state index is 0.0711. The maximum absolute atomic E-state index is 13.2. The van der Waals surface area contributed by atoms with E-state index in [-0.39, 0.29) is 21.9 Å². The Bertz CT molecular complexity index is 1210. The van der Waals surface area contributed by atoms with Crippen LogP contribution < -0.4 is 10.5 Å². The SMILES string of the molecule is CS(=O)(=O)c1cccc(C(=O)N2CCCc3c2nc(C2=CCCC=N2)[nH]c3=O)c1. The first-order valence-electron chi connectivity index (χ1n) is 9.33. The number of carbonyl (C=O) groups is 1. The zero-order chi connectivity index (χ0) is 20.6. The van der Waals surface area contributed by atoms with Crippen LogP contribution in [-0.2, 0) is 16.3 Å². The van der Waals surface area contributed by atoms with Crippen LogP contribution in [0, 0.1) is 0 Å². The number of amides is 1. The van der Waals surface area contributed by atoms with Gasteiger partial charge in [-0.25, -0.2) is 13.4 Å². The topological polar surface area (TPSA) is 113 Å². The number of H-pyrrole nitrogens is 1. The van der Waals surface area contributed by atoms with Crippen molar-refractivity contribution in [1.82, 2.24) is 9.97 Å². The molecule has 3 heterocycles. The Kier molecular flexibility index (Phi) is 4.91. The lowest BCUT2D eigenvalue weighted by molar-refractivity contribution is 0.0984. The van der Waals surface area contributed by atoms with E-state index in [1.807, 2.05) is 6.08 Å². The van der Waals surface area contributed by atoms with Gasteiger partial charge in [0.15, 0.2) is 15.7 Å². The van der Waals surface area contributed by atoms with Gasteiger partial charge in [0.05, 0.1) is 10.5 Å². The molecule has 2 aromatic rings. The average Bonchev–Trinajstić information content (AvgIpc) is 2.73. The Morgan fingerprint density at radius 3 is 2.79 bits per heavy atom. The number of carbonyl (C=O) groups excluding carboxylic acids is 1. The van der Waals surface area contributed by atoms with Crippen molar-refractivity contribution >= 4 is 33.5 Å². The Labute approximate surface area is 167 Å². The molecule has 0 aliphatic carbocycles. The molecule has 9 heteroatoms. The second-order valence-electron chi connectivity index (χ2n) is 7.06. The van der Waals surface area contributed by atoms with E-state index in [9.17, 15) is 18.0 Å². The van der Waals surface area contributed by atoms with Gasteiger partial charge >= 0.3 is 0 Å². The third-order valence-corrected chi connectivity index (χ3v) is 6.03. The third kappa shape index (κ3) is 3.77. The van der Waals surface area contributed by atoms with Gasteiger partial charge in [0.1, 0.15) is 11.5 Å². The van der Waals surface area contributed by atoms with E-state index in [4.69, 9.17) is 0 Å². The number of aromatic amines is 1. The molecule has 0 fully saturated rings. The first kappa shape index (κ1) is 19.3. The molecule has 4 rings (SSSR count). The quantitative estimate of drug-likeness (QED) is 0.828. The van der Waals surface area contributed by atoms with Gasteiger partial charge in [0.2, 0.25) is 0 Å². The minimum atomic E-state index is -3.44. The number of sulfone groups is 1. The summed E-state index contributed by atoms with van der Waals surface area (Å²) in [5, 5.41) is 0. The van der Waals surface area contributed by atoms with E-state index >= 15 is 0 Å². The van der Waals surface area contributed by atoms with Crippen LogP contribution in [0.5, 0.6) is 0 Å². The first-order chi connectivity index (χ1) is 13.8. The molecule has 1 amide bonds. The van der Waals surface area contributed by atoms with Crippen LogP contribution in [0.25, 0.3) is 5.70 Å². The van der Waals surface area contributed by atoms with Crippen LogP contribution in [0.15, 0.2) is 45.0 Å². The number of anilines is 1. The number of benzene rings is 1. The van der Waals surface area contributed by atoms with E-state index in [0.29, 0.717) is 42.3 Å². The van der Waals surface area contributed by atoms with Crippen molar-refractivity contribution < 1.29 is 13.2 Å². The third-order valence-electron chi connectivity index (χ3n) is 4.92. The Morgan fingerprint density at radius 1 is 1.24 bits per heavy atom. The highest BCUT2D eigenvalue weighted by atomic mass is 32.2. The van der Waals surface area contributed by atoms with E-state index in [0.717, 1.165) is 19.1 Å². The number of fused-ring (bicyclic) bond motifs is 1. The van der Waals surface area contributed by atoms with Gasteiger partial charge in [-0.1, -0.05) is 12.1 Å². The van der Waals surface area contributed by atoms with Crippen LogP contribution in [0.1, 0.15) is 41.0 Å². The number of rotatable bonds is 3. The van der Waals surface area contributed by atoms with Gasteiger partial charge in [-0.3, -0.25) is 19.5 Å². The largest absolute Gasteiger partial charge is 0.305 e. The van der Waals surface area contributed by atoms with Crippen LogP contribution in [-0.4, -0.2) is 43.3 Å². The van der Waals surface area contributed by atoms with Gasteiger partial charge < -0.3 is 4.98 Å². The zero-order valence-corrected chi connectivity index (χ0v) is 16.7. The van der Waals surface area contributed by atoms with Gasteiger partial charge in [-0.05, 0) is 43.9 Å². The molecule has 0 saturated carbocycles. The average molecular weight is 412 g/mol. The summed E-state index contributed by atoms with van der Waals surface area (Å²) in [5.74, 6) is 0.252. The number of aromatic nitrogens is 2. The normalized spacial score (nSPS) is 16.3. The van der Waals surface area contributed by atoms with Gasteiger partial charge in [0.25, 0.3) is 11.5 Å². The highest BCUT2D eigenvalue weighted by Gasteiger charge is 2.28. The number of allylic oxidation sites excluding steroid dienone is 1. The molecule has 29 heavy (non-hydrogen) atoms. The van der Waals surface area contributed by atoms with E-state index in [1.165, 1.54) is 23.1 Å². The molecule has 0 bridgehead atoms. The molecular formula is C20H20N4O4S. The monoisotopic (exact) mass is 412 g/mol. The van der Waals surface area contributed by atoms with Crippen LogP contribution >= 0.6 is 0 Å². The predicted octanol–water partition coefficient (Wildman–Crippen LogP) is 1.97. The number of nitrogens with zero attached hydrogens (tertiary/aromatic N) is 3. The molecule has 2 aliphatic heterocycles. The molecule has 0 unspecified atom stereocenters. The van der Waals surface area contributed by atoms with E-state index < -0.39 is 9.84 Å². The minimum Gasteiger partial charge on any atom is -0.305 e. The Balaban J connectivity index is 1.77. The van der Waals surface area contributed by atoms with Gasteiger partial charge in [-0.2, -0.15) is 0 Å². The fraction of sp³-hybridized carbons (Fsp3) is 0.300. The molecule has 150 valence electrons. The summed E-state index contributed by atoms with van der Waals surface area (Å²) in [6.07, 6.45) is 7.55. The zero-order valence-electron chi connectivity index (χ0n) is 15.9. The standard InChI is InChI=1S/C20H20N4O4S/c1-29(27,28)14-7-4-6-13(12-14)20(26)24-11-5-8-15-18(24)22-17(23-19(15)25)16-9-2-3-10-21-16/h4,6-7,9-10,12H,2-3,5,8,11H2,1H3,(H,22,23,25). The summed E-state index contributed by atoms with van der Waals surface area (Å²) in [7, 11) is -3.44. The van der Waals surface area contributed by atoms with Crippen LogP contribution in [0.2, 0.25) is 0 Å². The molecule has 0 spiro atoms. The molecular weight excluding hydrogens is 392 g/mol. The Hall–Kier alpha value is -3.07. The first-order valence-corrected chi connectivity index (χ1v) is 11.2. The van der Waals surface area contributed by atoms with Crippen molar-refractivity contribution in [2.24, 2.45) is 4.99 Å². The second kappa shape index (κ2) is 7.40. The lowest BCUT2D eigenvalue weighted by atomic mass is 10.1. The fourth-order valence-corrected chi connectivity index (χ4v) is 4.12. The summed E-state index contributed by atoms with van der Waals surface area (Å²) < 4.78 is 23.7. The van der Waals surface area contributed by atoms with Crippen molar-refractivity contribution in [2.45, 2.75) is 30.6 Å². The predicted molar refractivity (Wildman–Crippen MR) is 110 cm³/mol. The van der Waals surface area contributed by atoms with Crippen LogP contribution in [0.3, 0.4) is 0 Å². The van der Waals surface area contributed by atoms with E-state index in [2.05, 4.69) is 15.0 Å². The second-order valence-corrected chi connectivity index (χ2v) is 9.07. The Morgan fingerprint density at radius 2 is 2.07 bits per heavy atom. The lowest BCUT2D eigenvalue weighted by Gasteiger charge is -2.28. The summed E-state index contributed by atoms with van der Waals surface area (Å²) in [4.78, 5) is 38.9. The molecule has 1 aromatic heterocycles. The van der Waals surface area contributed by atoms with Crippen LogP contribution in [0.4, 0.5) is 5.82 Å². The molecule has 0 atom stereocenters. The number of hydrogen-bond donors (Lipinski definition) is 1. The summed E-state index contributed by atoms with van der Waals surface area (Å²) in [6, 6.07) is 5.90. The van der Waals surface area contributed by atoms with Gasteiger partial charge in [0, 0.05) is 24.6 Å². The van der Waals surface area contributed by atoms with Crippen molar-refractivity contribution in [3.63, 3.8) is 0 Å². The van der Waals surface area contributed by atoms with Crippen molar-refractivity contribution in [2.75, 3.05) is 17.7 Å². The van der Waals surface area contributed by atoms with Crippen molar-refractivity contribution in [3.05, 3.63) is 57.6 Å². The number of hydrogen-bond acceptors (Lipinski definition) is 6. The highest BCUT2D eigenvalue weighted by Crippen LogP contribution is 2.26. The summed E-state index contributed by atoms with van der Waals surface area (Å²) in [6.45, 7) is 0.396. The maximum Gasteiger partial charge on any atom is 0.259 e. The maximum atomic E-state index is 13.2. The molecule has 1 N–H and O–H groups in total. The smallest absolute Gasteiger partial charge is 0.259 e. The van der Waals surface area contributed by atoms with E-state index in [1.54, 1.807) is 12.3 Å². The lowest BCUT2D eigenvalue weighted by Crippen LogP contribution is -2.39. The van der Waals surface area contributed by atoms with Crippen molar-refractivity contribution in [3.8, 4) is 0 Å². The molecule has 0 saturated heterocycles. The summed E-state index contributed by atoms with van der Waals surface area (Å²) >= 11 is 0. The number of nitrogens with one attached hydrogen (secondary N) is 1. The molecule has 2 aliphatic rings.